The summed E-state index contributed by atoms with van der Waals surface area (Å²) in [6, 6.07) is 13.0. The Morgan fingerprint density at radius 3 is 2.47 bits per heavy atom. The molecule has 5 rings (SSSR count). The van der Waals surface area contributed by atoms with Crippen molar-refractivity contribution in [2.24, 2.45) is 0 Å². The Morgan fingerprint density at radius 1 is 0.967 bits per heavy atom. The van der Waals surface area contributed by atoms with Crippen molar-refractivity contribution in [3.63, 3.8) is 0 Å². The lowest BCUT2D eigenvalue weighted by molar-refractivity contribution is 0.0693. The van der Waals surface area contributed by atoms with Crippen LogP contribution in [0.5, 0.6) is 0 Å². The lowest BCUT2D eigenvalue weighted by Crippen LogP contribution is -2.50. The summed E-state index contributed by atoms with van der Waals surface area (Å²) in [6.07, 6.45) is 3.04. The second-order valence-corrected chi connectivity index (χ2v) is 10.2. The van der Waals surface area contributed by atoms with Crippen LogP contribution in [-0.4, -0.2) is 54.7 Å². The average molecular weight is 444 g/mol. The van der Waals surface area contributed by atoms with E-state index in [4.69, 9.17) is 11.6 Å². The topological polar surface area (TPSA) is 73.5 Å². The number of hydrogen-bond acceptors (Lipinski definition) is 3. The third-order valence-electron chi connectivity index (χ3n) is 6.09. The van der Waals surface area contributed by atoms with E-state index in [0.717, 1.165) is 35.7 Å². The molecule has 3 aromatic rings. The Bertz CT molecular complexity index is 1240. The molecule has 1 aliphatic heterocycles. The van der Waals surface area contributed by atoms with Crippen molar-refractivity contribution in [1.29, 1.82) is 0 Å². The Balaban J connectivity index is 1.32. The minimum atomic E-state index is -3.56. The molecule has 30 heavy (non-hydrogen) atoms. The number of aromatic nitrogens is 1. The van der Waals surface area contributed by atoms with E-state index in [1.807, 2.05) is 36.4 Å². The van der Waals surface area contributed by atoms with Gasteiger partial charge in [0.1, 0.15) is 5.69 Å². The number of piperazine rings is 1. The maximum Gasteiger partial charge on any atom is 0.271 e. The van der Waals surface area contributed by atoms with Gasteiger partial charge in [0.25, 0.3) is 5.91 Å². The van der Waals surface area contributed by atoms with Crippen molar-refractivity contribution in [2.75, 3.05) is 26.2 Å². The summed E-state index contributed by atoms with van der Waals surface area (Å²) >= 11 is 6.41. The van der Waals surface area contributed by atoms with Gasteiger partial charge in [-0.3, -0.25) is 4.79 Å². The third-order valence-corrected chi connectivity index (χ3v) is 8.38. The summed E-state index contributed by atoms with van der Waals surface area (Å²) in [5.74, 6) is -0.203. The Morgan fingerprint density at radius 2 is 1.70 bits per heavy atom. The molecule has 1 N–H and O–H groups in total. The van der Waals surface area contributed by atoms with Crippen LogP contribution >= 0.6 is 11.6 Å². The van der Waals surface area contributed by atoms with Gasteiger partial charge in [-0.2, -0.15) is 4.31 Å². The zero-order valence-electron chi connectivity index (χ0n) is 16.4. The SMILES string of the molecule is O=C(c1[nH]c2ccccc2c1Cl)N1CCN(S(=O)(=O)c2ccc3c(c2)CCC3)CC1. The average Bonchev–Trinajstić information content (AvgIpc) is 3.37. The fourth-order valence-electron chi connectivity index (χ4n) is 4.40. The molecular formula is C22H22ClN3O3S. The maximum absolute atomic E-state index is 13.1. The van der Waals surface area contributed by atoms with Crippen molar-refractivity contribution in [1.82, 2.24) is 14.2 Å². The number of aryl methyl sites for hydroxylation is 2. The van der Waals surface area contributed by atoms with Gasteiger partial charge in [0.15, 0.2) is 0 Å². The van der Waals surface area contributed by atoms with Gasteiger partial charge in [0.05, 0.1) is 9.92 Å². The standard InChI is InChI=1S/C22H22ClN3O3S/c23-20-18-6-1-2-7-19(18)24-21(20)22(27)25-10-12-26(13-11-25)30(28,29)17-9-8-15-4-3-5-16(15)14-17/h1-2,6-9,14,24H,3-5,10-13H2. The number of amides is 1. The number of carbonyl (C=O) groups excluding carboxylic acids is 1. The molecule has 1 amide bonds. The van der Waals surface area contributed by atoms with E-state index < -0.39 is 10.0 Å². The van der Waals surface area contributed by atoms with E-state index in [0.29, 0.717) is 28.7 Å². The molecule has 156 valence electrons. The van der Waals surface area contributed by atoms with Crippen LogP contribution < -0.4 is 0 Å². The largest absolute Gasteiger partial charge is 0.349 e. The van der Waals surface area contributed by atoms with Gasteiger partial charge in [-0.15, -0.1) is 0 Å². The number of rotatable bonds is 3. The Labute approximate surface area is 180 Å². The zero-order valence-corrected chi connectivity index (χ0v) is 18.0. The molecule has 1 aliphatic carbocycles. The number of H-pyrrole nitrogens is 1. The summed E-state index contributed by atoms with van der Waals surface area (Å²) in [6.45, 7) is 1.19. The summed E-state index contributed by atoms with van der Waals surface area (Å²) in [4.78, 5) is 18.1. The summed E-state index contributed by atoms with van der Waals surface area (Å²) in [5.41, 5.74) is 3.55. The van der Waals surface area contributed by atoms with Crippen molar-refractivity contribution < 1.29 is 13.2 Å². The fraction of sp³-hybridized carbons (Fsp3) is 0.318. The lowest BCUT2D eigenvalue weighted by Gasteiger charge is -2.34. The first-order valence-electron chi connectivity index (χ1n) is 10.1. The van der Waals surface area contributed by atoms with E-state index >= 15 is 0 Å². The highest BCUT2D eigenvalue weighted by atomic mass is 35.5. The second-order valence-electron chi connectivity index (χ2n) is 7.84. The van der Waals surface area contributed by atoms with Gasteiger partial charge in [-0.1, -0.05) is 35.9 Å². The molecule has 0 radical (unpaired) electrons. The first-order chi connectivity index (χ1) is 14.4. The monoisotopic (exact) mass is 443 g/mol. The number of nitrogens with one attached hydrogen (secondary N) is 1. The molecule has 0 atom stereocenters. The number of fused-ring (bicyclic) bond motifs is 2. The predicted octanol–water partition coefficient (Wildman–Crippen LogP) is 3.46. The van der Waals surface area contributed by atoms with Crippen molar-refractivity contribution >= 4 is 38.4 Å². The zero-order chi connectivity index (χ0) is 20.9. The Kier molecular flexibility index (Phi) is 4.84. The number of carbonyl (C=O) groups is 1. The van der Waals surface area contributed by atoms with Crippen LogP contribution in [0.4, 0.5) is 0 Å². The molecule has 1 saturated heterocycles. The molecule has 0 unspecified atom stereocenters. The van der Waals surface area contributed by atoms with E-state index in [1.54, 1.807) is 11.0 Å². The molecule has 0 bridgehead atoms. The van der Waals surface area contributed by atoms with E-state index in [9.17, 15) is 13.2 Å². The van der Waals surface area contributed by atoms with E-state index in [2.05, 4.69) is 4.98 Å². The Hall–Kier alpha value is -2.35. The molecule has 1 aromatic heterocycles. The molecule has 0 spiro atoms. The van der Waals surface area contributed by atoms with E-state index in [1.165, 1.54) is 9.87 Å². The van der Waals surface area contributed by atoms with Gasteiger partial charge < -0.3 is 9.88 Å². The second kappa shape index (κ2) is 7.41. The number of sulfonamides is 1. The quantitative estimate of drug-likeness (QED) is 0.673. The number of para-hydroxylation sites is 1. The van der Waals surface area contributed by atoms with Crippen LogP contribution in [0.3, 0.4) is 0 Å². The third kappa shape index (κ3) is 3.21. The van der Waals surface area contributed by atoms with Crippen LogP contribution in [-0.2, 0) is 22.9 Å². The molecule has 8 heteroatoms. The molecule has 2 aromatic carbocycles. The number of aromatic amines is 1. The van der Waals surface area contributed by atoms with Crippen molar-refractivity contribution in [3.05, 3.63) is 64.3 Å². The van der Waals surface area contributed by atoms with Gasteiger partial charge in [-0.25, -0.2) is 8.42 Å². The number of halogens is 1. The van der Waals surface area contributed by atoms with Crippen molar-refractivity contribution in [2.45, 2.75) is 24.2 Å². The number of benzene rings is 2. The minimum absolute atomic E-state index is 0.203. The minimum Gasteiger partial charge on any atom is -0.349 e. The van der Waals surface area contributed by atoms with Gasteiger partial charge in [0, 0.05) is 37.1 Å². The summed E-state index contributed by atoms with van der Waals surface area (Å²) < 4.78 is 27.7. The molecule has 6 nitrogen and oxygen atoms in total. The van der Waals surface area contributed by atoms with E-state index in [-0.39, 0.29) is 19.0 Å². The molecular weight excluding hydrogens is 422 g/mol. The van der Waals surface area contributed by atoms with Gasteiger partial charge >= 0.3 is 0 Å². The molecule has 2 aliphatic rings. The molecule has 1 fully saturated rings. The first-order valence-corrected chi connectivity index (χ1v) is 11.9. The van der Waals surface area contributed by atoms with Crippen LogP contribution in [0.15, 0.2) is 47.4 Å². The van der Waals surface area contributed by atoms with Crippen LogP contribution in [0.2, 0.25) is 5.02 Å². The number of nitrogens with zero attached hydrogens (tertiary/aromatic N) is 2. The van der Waals surface area contributed by atoms with Crippen LogP contribution in [0.1, 0.15) is 28.0 Å². The smallest absolute Gasteiger partial charge is 0.271 e. The molecule has 2 heterocycles. The van der Waals surface area contributed by atoms with Gasteiger partial charge in [0.2, 0.25) is 10.0 Å². The maximum atomic E-state index is 13.1. The number of hydrogen-bond donors (Lipinski definition) is 1. The van der Waals surface area contributed by atoms with Crippen LogP contribution in [0.25, 0.3) is 10.9 Å². The highest BCUT2D eigenvalue weighted by Gasteiger charge is 2.32. The summed E-state index contributed by atoms with van der Waals surface area (Å²) in [7, 11) is -3.56. The van der Waals surface area contributed by atoms with Gasteiger partial charge in [-0.05, 0) is 48.6 Å². The molecule has 0 saturated carbocycles. The predicted molar refractivity (Wildman–Crippen MR) is 116 cm³/mol. The highest BCUT2D eigenvalue weighted by Crippen LogP contribution is 2.29. The fourth-order valence-corrected chi connectivity index (χ4v) is 6.17. The normalized spacial score (nSPS) is 17.4. The van der Waals surface area contributed by atoms with Crippen molar-refractivity contribution in [3.8, 4) is 0 Å². The summed E-state index contributed by atoms with van der Waals surface area (Å²) in [5, 5.41) is 1.21. The highest BCUT2D eigenvalue weighted by molar-refractivity contribution is 7.89. The lowest BCUT2D eigenvalue weighted by atomic mass is 10.1. The van der Waals surface area contributed by atoms with Crippen LogP contribution in [0, 0.1) is 0 Å². The first kappa shape index (κ1) is 19.6.